The zero-order valence-corrected chi connectivity index (χ0v) is 19.8. The van der Waals surface area contributed by atoms with Crippen molar-refractivity contribution in [2.45, 2.75) is 76.4 Å². The van der Waals surface area contributed by atoms with Crippen LogP contribution < -0.4 is 5.46 Å². The first-order valence-electron chi connectivity index (χ1n) is 12.9. The van der Waals surface area contributed by atoms with Crippen LogP contribution in [0, 0.1) is 29.1 Å². The monoisotopic (exact) mass is 424 g/mol. The van der Waals surface area contributed by atoms with E-state index in [0.717, 1.165) is 23.7 Å². The molecule has 0 radical (unpaired) electrons. The van der Waals surface area contributed by atoms with E-state index in [9.17, 15) is 0 Å². The molecule has 4 atom stereocenters. The van der Waals surface area contributed by atoms with Gasteiger partial charge in [-0.25, -0.2) is 0 Å². The van der Waals surface area contributed by atoms with E-state index in [1.807, 2.05) is 0 Å². The van der Waals surface area contributed by atoms with Gasteiger partial charge in [0, 0.05) is 5.41 Å². The maximum Gasteiger partial charge on any atom is 0.495 e. The van der Waals surface area contributed by atoms with Crippen LogP contribution in [0.5, 0.6) is 0 Å². The van der Waals surface area contributed by atoms with Gasteiger partial charge in [0.05, 0.1) is 11.2 Å². The summed E-state index contributed by atoms with van der Waals surface area (Å²) < 4.78 is 13.3. The number of hydrogen-bond donors (Lipinski definition) is 0. The molecule has 0 aromatic heterocycles. The Labute approximate surface area is 192 Å². The standard InChI is InChI=1S/C29H33BO2/c1-26(2)27(3,4)32-30(31-26)22-11-7-9-20-19-8-5-6-10-21(19)29(25(20)22)23-13-17-12-18-14-24(29)28(23,15-17)16-18/h5-11,17-18,23-24H,12-16H2,1-4H3. The van der Waals surface area contributed by atoms with Crippen molar-refractivity contribution in [1.29, 1.82) is 0 Å². The molecular weight excluding hydrogens is 391 g/mol. The van der Waals surface area contributed by atoms with Crippen molar-refractivity contribution >= 4 is 12.6 Å². The van der Waals surface area contributed by atoms with Crippen molar-refractivity contribution in [3.05, 3.63) is 53.6 Å². The molecule has 5 aliphatic carbocycles. The van der Waals surface area contributed by atoms with Gasteiger partial charge in [-0.1, -0.05) is 42.5 Å². The van der Waals surface area contributed by atoms with Crippen LogP contribution in [0.25, 0.3) is 11.1 Å². The zero-order valence-electron chi connectivity index (χ0n) is 19.8. The van der Waals surface area contributed by atoms with E-state index >= 15 is 0 Å². The van der Waals surface area contributed by atoms with E-state index in [1.54, 1.807) is 11.1 Å². The van der Waals surface area contributed by atoms with Crippen molar-refractivity contribution in [1.82, 2.24) is 0 Å². The maximum absolute atomic E-state index is 6.66. The minimum absolute atomic E-state index is 0.177. The van der Waals surface area contributed by atoms with Crippen LogP contribution in [-0.2, 0) is 14.7 Å². The molecule has 1 heterocycles. The molecule has 6 aliphatic rings. The highest BCUT2D eigenvalue weighted by molar-refractivity contribution is 6.63. The molecule has 2 aromatic carbocycles. The Bertz CT molecular complexity index is 1140. The predicted molar refractivity (Wildman–Crippen MR) is 128 cm³/mol. The minimum Gasteiger partial charge on any atom is -0.399 e. The summed E-state index contributed by atoms with van der Waals surface area (Å²) >= 11 is 0. The Morgan fingerprint density at radius 2 is 1.38 bits per heavy atom. The summed E-state index contributed by atoms with van der Waals surface area (Å²) in [5.74, 6) is 3.51. The third-order valence-electron chi connectivity index (χ3n) is 11.3. The third kappa shape index (κ3) is 1.82. The van der Waals surface area contributed by atoms with Gasteiger partial charge in [-0.15, -0.1) is 0 Å². The molecule has 32 heavy (non-hydrogen) atoms. The Hall–Kier alpha value is -1.58. The van der Waals surface area contributed by atoms with Crippen molar-refractivity contribution < 1.29 is 9.31 Å². The summed E-state index contributed by atoms with van der Waals surface area (Å²) in [7, 11) is -0.284. The highest BCUT2D eigenvalue weighted by Gasteiger charge is 2.80. The highest BCUT2D eigenvalue weighted by Crippen LogP contribution is 2.85. The number of hydrogen-bond acceptors (Lipinski definition) is 2. The van der Waals surface area contributed by atoms with E-state index in [2.05, 4.69) is 70.2 Å². The maximum atomic E-state index is 6.66. The molecule has 4 unspecified atom stereocenters. The lowest BCUT2D eigenvalue weighted by Crippen LogP contribution is -2.64. The van der Waals surface area contributed by atoms with E-state index in [4.69, 9.17) is 9.31 Å². The average molecular weight is 424 g/mol. The Balaban J connectivity index is 1.38. The fraction of sp³-hybridized carbons (Fsp3) is 0.586. The molecule has 2 nitrogen and oxygen atoms in total. The van der Waals surface area contributed by atoms with Gasteiger partial charge in [0.15, 0.2) is 0 Å². The first kappa shape index (κ1) is 18.8. The number of fused-ring (bicyclic) bond motifs is 9. The Morgan fingerprint density at radius 1 is 0.750 bits per heavy atom. The van der Waals surface area contributed by atoms with Gasteiger partial charge in [-0.3, -0.25) is 0 Å². The molecule has 8 rings (SSSR count). The third-order valence-corrected chi connectivity index (χ3v) is 11.3. The summed E-state index contributed by atoms with van der Waals surface area (Å²) in [6.07, 6.45) is 7.35. The first-order valence-corrected chi connectivity index (χ1v) is 12.9. The lowest BCUT2D eigenvalue weighted by Gasteiger charge is -2.65. The second-order valence-corrected chi connectivity index (χ2v) is 13.0. The van der Waals surface area contributed by atoms with Gasteiger partial charge in [-0.2, -0.15) is 0 Å². The molecule has 0 N–H and O–H groups in total. The SMILES string of the molecule is CC1(C)OB(c2cccc3c2C2(c4ccccc4-3)C3CC4CC5CC2C3(C4)C5)OC1(C)C. The molecule has 0 amide bonds. The van der Waals surface area contributed by atoms with Crippen molar-refractivity contribution in [2.24, 2.45) is 29.1 Å². The molecule has 1 saturated heterocycles. The van der Waals surface area contributed by atoms with E-state index < -0.39 is 0 Å². The number of benzene rings is 2. The van der Waals surface area contributed by atoms with Crippen molar-refractivity contribution in [2.75, 3.05) is 0 Å². The number of rotatable bonds is 1. The second kappa shape index (κ2) is 5.39. The lowest BCUT2D eigenvalue weighted by molar-refractivity contribution is -0.0816. The summed E-state index contributed by atoms with van der Waals surface area (Å²) in [5, 5.41) is 0. The molecular formula is C29H33BO2. The molecule has 2 aromatic rings. The Kier molecular flexibility index (Phi) is 3.17. The summed E-state index contributed by atoms with van der Waals surface area (Å²) in [6, 6.07) is 16.3. The van der Waals surface area contributed by atoms with Gasteiger partial charge < -0.3 is 9.31 Å². The fourth-order valence-electron chi connectivity index (χ4n) is 9.89. The average Bonchev–Trinajstić information content (AvgIpc) is 3.35. The van der Waals surface area contributed by atoms with Gasteiger partial charge in [0.1, 0.15) is 0 Å². The highest BCUT2D eigenvalue weighted by atomic mass is 16.7. The van der Waals surface area contributed by atoms with Crippen LogP contribution in [0.15, 0.2) is 42.5 Å². The van der Waals surface area contributed by atoms with Gasteiger partial charge in [0.25, 0.3) is 0 Å². The first-order chi connectivity index (χ1) is 15.3. The smallest absolute Gasteiger partial charge is 0.399 e. The second-order valence-electron chi connectivity index (χ2n) is 13.0. The topological polar surface area (TPSA) is 18.5 Å². The van der Waals surface area contributed by atoms with Crippen LogP contribution in [0.1, 0.15) is 70.9 Å². The van der Waals surface area contributed by atoms with Gasteiger partial charge in [-0.05, 0) is 117 Å². The van der Waals surface area contributed by atoms with Crippen LogP contribution >= 0.6 is 0 Å². The minimum atomic E-state index is -0.315. The largest absolute Gasteiger partial charge is 0.495 e. The predicted octanol–water partition coefficient (Wildman–Crippen LogP) is 5.71. The van der Waals surface area contributed by atoms with E-state index in [0.29, 0.717) is 5.41 Å². The molecule has 164 valence electrons. The van der Waals surface area contributed by atoms with Crippen LogP contribution in [0.2, 0.25) is 0 Å². The summed E-state index contributed by atoms with van der Waals surface area (Å²) in [4.78, 5) is 0. The molecule has 3 bridgehead atoms. The quantitative estimate of drug-likeness (QED) is 0.546. The fourth-order valence-corrected chi connectivity index (χ4v) is 9.89. The van der Waals surface area contributed by atoms with E-state index in [1.165, 1.54) is 48.7 Å². The Morgan fingerprint density at radius 3 is 2.06 bits per heavy atom. The van der Waals surface area contributed by atoms with Crippen LogP contribution in [-0.4, -0.2) is 18.3 Å². The molecule has 4 saturated carbocycles. The molecule has 2 spiro atoms. The molecule has 5 fully saturated rings. The zero-order chi connectivity index (χ0) is 21.7. The summed E-state index contributed by atoms with van der Waals surface area (Å²) in [6.45, 7) is 8.71. The summed E-state index contributed by atoms with van der Waals surface area (Å²) in [5.41, 5.74) is 7.59. The van der Waals surface area contributed by atoms with Crippen LogP contribution in [0.3, 0.4) is 0 Å². The van der Waals surface area contributed by atoms with Crippen LogP contribution in [0.4, 0.5) is 0 Å². The molecule has 1 aliphatic heterocycles. The van der Waals surface area contributed by atoms with Gasteiger partial charge in [0.2, 0.25) is 0 Å². The van der Waals surface area contributed by atoms with Crippen molar-refractivity contribution in [3.63, 3.8) is 0 Å². The van der Waals surface area contributed by atoms with Crippen molar-refractivity contribution in [3.8, 4) is 11.1 Å². The lowest BCUT2D eigenvalue weighted by atomic mass is 9.37. The molecule has 3 heteroatoms. The van der Waals surface area contributed by atoms with Gasteiger partial charge >= 0.3 is 7.12 Å². The van der Waals surface area contributed by atoms with E-state index in [-0.39, 0.29) is 23.7 Å². The normalized spacial score (nSPS) is 42.8.